The monoisotopic (exact) mass is 482 g/mol. The van der Waals surface area contributed by atoms with Crippen LogP contribution in [0.3, 0.4) is 0 Å². The second kappa shape index (κ2) is 9.72. The van der Waals surface area contributed by atoms with Gasteiger partial charge in [0.25, 0.3) is 5.69 Å². The molecule has 4 rings (SSSR count). The van der Waals surface area contributed by atoms with E-state index in [9.17, 15) is 19.3 Å². The number of aliphatic imine (C=N–C) groups is 1. The third-order valence-electron chi connectivity index (χ3n) is 4.84. The fourth-order valence-corrected chi connectivity index (χ4v) is 3.33. The molecule has 0 saturated carbocycles. The first kappa shape index (κ1) is 22.9. The molecule has 1 heterocycles. The van der Waals surface area contributed by atoms with Crippen LogP contribution in [0, 0.1) is 15.9 Å². The van der Waals surface area contributed by atoms with Crippen molar-refractivity contribution in [2.75, 3.05) is 7.11 Å². The Balaban J connectivity index is 1.57. The average Bonchev–Trinajstić information content (AvgIpc) is 3.19. The number of methoxy groups -OCH3 is 1. The van der Waals surface area contributed by atoms with Crippen LogP contribution in [-0.4, -0.2) is 23.9 Å². The molecule has 0 aliphatic carbocycles. The Morgan fingerprint density at radius 3 is 2.68 bits per heavy atom. The number of carbonyl (C=O) groups excluding carboxylic acids is 1. The lowest BCUT2D eigenvalue weighted by Crippen LogP contribution is -2.06. The van der Waals surface area contributed by atoms with Crippen molar-refractivity contribution in [2.24, 2.45) is 4.99 Å². The van der Waals surface area contributed by atoms with Crippen molar-refractivity contribution in [3.63, 3.8) is 0 Å². The van der Waals surface area contributed by atoms with Gasteiger partial charge in [0.15, 0.2) is 17.2 Å². The van der Waals surface area contributed by atoms with E-state index in [4.69, 9.17) is 25.8 Å². The van der Waals surface area contributed by atoms with Gasteiger partial charge in [-0.15, -0.1) is 0 Å². The van der Waals surface area contributed by atoms with Crippen molar-refractivity contribution in [1.29, 1.82) is 0 Å². The first-order valence-corrected chi connectivity index (χ1v) is 10.2. The van der Waals surface area contributed by atoms with E-state index in [-0.39, 0.29) is 40.3 Å². The smallest absolute Gasteiger partial charge is 0.363 e. The molecule has 0 fully saturated rings. The van der Waals surface area contributed by atoms with E-state index in [0.717, 1.165) is 0 Å². The van der Waals surface area contributed by atoms with Crippen LogP contribution in [0.15, 0.2) is 71.4 Å². The van der Waals surface area contributed by atoms with Crippen LogP contribution in [0.2, 0.25) is 5.02 Å². The van der Waals surface area contributed by atoms with Crippen molar-refractivity contribution in [3.8, 4) is 11.5 Å². The maximum Gasteiger partial charge on any atom is 0.363 e. The predicted molar refractivity (Wildman–Crippen MR) is 122 cm³/mol. The van der Waals surface area contributed by atoms with E-state index in [2.05, 4.69) is 4.99 Å². The van der Waals surface area contributed by atoms with E-state index in [0.29, 0.717) is 22.6 Å². The summed E-state index contributed by atoms with van der Waals surface area (Å²) < 4.78 is 30.0. The van der Waals surface area contributed by atoms with Crippen LogP contribution in [0.4, 0.5) is 10.1 Å². The fraction of sp³-hybridized carbons (Fsp3) is 0.0833. The van der Waals surface area contributed by atoms with E-state index >= 15 is 0 Å². The lowest BCUT2D eigenvalue weighted by atomic mass is 10.1. The summed E-state index contributed by atoms with van der Waals surface area (Å²) >= 11 is 5.83. The summed E-state index contributed by atoms with van der Waals surface area (Å²) in [7, 11) is 1.45. The van der Waals surface area contributed by atoms with Crippen molar-refractivity contribution in [3.05, 3.63) is 104 Å². The van der Waals surface area contributed by atoms with Crippen LogP contribution < -0.4 is 9.47 Å². The molecule has 0 saturated heterocycles. The Hall–Kier alpha value is -4.24. The quantitative estimate of drug-likeness (QED) is 0.195. The summed E-state index contributed by atoms with van der Waals surface area (Å²) in [4.78, 5) is 26.9. The molecule has 0 bridgehead atoms. The molecule has 0 N–H and O–H groups in total. The molecule has 0 spiro atoms. The number of carbonyl (C=O) groups is 1. The van der Waals surface area contributed by atoms with Gasteiger partial charge in [0.1, 0.15) is 17.4 Å². The molecule has 0 unspecified atom stereocenters. The molecule has 10 heteroatoms. The van der Waals surface area contributed by atoms with Gasteiger partial charge in [-0.1, -0.05) is 35.9 Å². The molecule has 3 aromatic carbocycles. The van der Waals surface area contributed by atoms with E-state index in [1.165, 1.54) is 37.5 Å². The third-order valence-corrected chi connectivity index (χ3v) is 5.16. The molecule has 172 valence electrons. The van der Waals surface area contributed by atoms with E-state index in [1.807, 2.05) is 0 Å². The minimum atomic E-state index is -0.716. The molecular formula is C24H16ClFN2O6. The number of nitro groups is 1. The van der Waals surface area contributed by atoms with Gasteiger partial charge in [0.05, 0.1) is 12.0 Å². The summed E-state index contributed by atoms with van der Waals surface area (Å²) in [5, 5.41) is 11.1. The minimum Gasteiger partial charge on any atom is -0.493 e. The van der Waals surface area contributed by atoms with E-state index < -0.39 is 10.9 Å². The largest absolute Gasteiger partial charge is 0.493 e. The maximum absolute atomic E-state index is 13.8. The number of rotatable bonds is 7. The molecule has 0 aromatic heterocycles. The molecule has 1 aliphatic heterocycles. The Bertz CT molecular complexity index is 1360. The zero-order valence-corrected chi connectivity index (χ0v) is 18.4. The highest BCUT2D eigenvalue weighted by Crippen LogP contribution is 2.31. The van der Waals surface area contributed by atoms with Gasteiger partial charge in [-0.25, -0.2) is 14.2 Å². The summed E-state index contributed by atoms with van der Waals surface area (Å²) in [6.45, 7) is 0.0106. The highest BCUT2D eigenvalue weighted by molar-refractivity contribution is 6.32. The van der Waals surface area contributed by atoms with Gasteiger partial charge < -0.3 is 14.2 Å². The number of ether oxygens (including phenoxy) is 3. The number of hydrogen-bond acceptors (Lipinski definition) is 7. The zero-order chi connectivity index (χ0) is 24.2. The summed E-state index contributed by atoms with van der Waals surface area (Å²) in [5.74, 6) is -0.407. The fourth-order valence-electron chi connectivity index (χ4n) is 3.14. The number of esters is 1. The highest BCUT2D eigenvalue weighted by atomic mass is 35.5. The normalized spacial score (nSPS) is 14.0. The summed E-state index contributed by atoms with van der Waals surface area (Å²) in [6, 6.07) is 15.2. The number of hydrogen-bond donors (Lipinski definition) is 0. The lowest BCUT2D eigenvalue weighted by molar-refractivity contribution is -0.384. The second-order valence-electron chi connectivity index (χ2n) is 7.05. The number of halogens is 2. The van der Waals surface area contributed by atoms with Gasteiger partial charge in [-0.05, 0) is 42.0 Å². The molecule has 0 amide bonds. The predicted octanol–water partition coefficient (Wildman–Crippen LogP) is 5.32. The first-order valence-electron chi connectivity index (χ1n) is 9.87. The van der Waals surface area contributed by atoms with Crippen molar-refractivity contribution in [1.82, 2.24) is 0 Å². The Morgan fingerprint density at radius 2 is 1.94 bits per heavy atom. The Morgan fingerprint density at radius 1 is 1.15 bits per heavy atom. The lowest BCUT2D eigenvalue weighted by Gasteiger charge is -2.12. The first-order chi connectivity index (χ1) is 16.4. The molecule has 1 aliphatic rings. The molecule has 34 heavy (non-hydrogen) atoms. The molecular weight excluding hydrogens is 467 g/mol. The van der Waals surface area contributed by atoms with Crippen LogP contribution in [-0.2, 0) is 16.1 Å². The van der Waals surface area contributed by atoms with Crippen LogP contribution in [0.25, 0.3) is 6.08 Å². The highest BCUT2D eigenvalue weighted by Gasteiger charge is 2.26. The maximum atomic E-state index is 13.8. The number of cyclic esters (lactones) is 1. The van der Waals surface area contributed by atoms with Gasteiger partial charge in [-0.2, -0.15) is 0 Å². The van der Waals surface area contributed by atoms with E-state index in [1.54, 1.807) is 36.4 Å². The Labute approximate surface area is 198 Å². The third kappa shape index (κ3) is 4.89. The van der Waals surface area contributed by atoms with Crippen molar-refractivity contribution < 1.29 is 28.3 Å². The van der Waals surface area contributed by atoms with Crippen LogP contribution >= 0.6 is 11.6 Å². The van der Waals surface area contributed by atoms with Gasteiger partial charge >= 0.3 is 5.97 Å². The molecule has 8 nitrogen and oxygen atoms in total. The van der Waals surface area contributed by atoms with Crippen LogP contribution in [0.1, 0.15) is 16.7 Å². The topological polar surface area (TPSA) is 100 Å². The van der Waals surface area contributed by atoms with Gasteiger partial charge in [0, 0.05) is 17.2 Å². The zero-order valence-electron chi connectivity index (χ0n) is 17.7. The Kier molecular flexibility index (Phi) is 6.55. The SMILES string of the molecule is COc1cc(/C=C2\N=C(c3ccc(Cl)c([N+](=O)[O-])c3)OC2=O)ccc1OCc1ccccc1F. The molecule has 0 atom stereocenters. The number of nitrogens with zero attached hydrogens (tertiary/aromatic N) is 2. The van der Waals surface area contributed by atoms with Gasteiger partial charge in [0.2, 0.25) is 5.90 Å². The number of nitro benzene ring substituents is 1. The van der Waals surface area contributed by atoms with Gasteiger partial charge in [-0.3, -0.25) is 10.1 Å². The summed E-state index contributed by atoms with van der Waals surface area (Å²) in [5.41, 5.74) is 0.867. The standard InChI is InChI=1S/C24H16ClFN2O6/c1-32-22-11-14(6-9-21(22)33-13-16-4-2-3-5-18(16)26)10-19-24(29)34-23(27-19)15-7-8-17(25)20(12-15)28(30)31/h2-12H,13H2,1H3/b19-10-. The van der Waals surface area contributed by atoms with Crippen molar-refractivity contribution in [2.45, 2.75) is 6.61 Å². The molecule has 0 radical (unpaired) electrons. The van der Waals surface area contributed by atoms with Crippen molar-refractivity contribution >= 4 is 35.2 Å². The second-order valence-corrected chi connectivity index (χ2v) is 7.46. The van der Waals surface area contributed by atoms with Crippen LogP contribution in [0.5, 0.6) is 11.5 Å². The molecule has 3 aromatic rings. The minimum absolute atomic E-state index is 0.00492. The summed E-state index contributed by atoms with van der Waals surface area (Å²) in [6.07, 6.45) is 1.48. The average molecular weight is 483 g/mol. The number of benzene rings is 3.